The van der Waals surface area contributed by atoms with E-state index in [1.807, 2.05) is 51.1 Å². The molecular formula is C34H49N5O6. The van der Waals surface area contributed by atoms with E-state index in [1.165, 1.54) is 0 Å². The van der Waals surface area contributed by atoms with E-state index in [1.54, 1.807) is 4.90 Å². The highest BCUT2D eigenvalue weighted by atomic mass is 16.3. The number of hydrogen-bond acceptors (Lipinski definition) is 6. The Bertz CT molecular complexity index is 1330. The lowest BCUT2D eigenvalue weighted by atomic mass is 9.84. The summed E-state index contributed by atoms with van der Waals surface area (Å²) in [6.45, 7) is 10.0. The highest BCUT2D eigenvalue weighted by molar-refractivity contribution is 6.37. The molecule has 5 amide bonds. The third-order valence-electron chi connectivity index (χ3n) is 10.8. The molecule has 0 spiro atoms. The average Bonchev–Trinajstić information content (AvgIpc) is 3.72. The molecule has 246 valence electrons. The average molecular weight is 624 g/mol. The number of benzene rings is 1. The fourth-order valence-electron chi connectivity index (χ4n) is 7.80. The topological polar surface area (TPSA) is 171 Å². The van der Waals surface area contributed by atoms with Crippen LogP contribution in [0.15, 0.2) is 30.3 Å². The number of rotatable bonds is 11. The van der Waals surface area contributed by atoms with Crippen LogP contribution in [0, 0.1) is 28.6 Å². The Balaban J connectivity index is 1.34. The van der Waals surface area contributed by atoms with Crippen molar-refractivity contribution in [3.05, 3.63) is 35.9 Å². The number of nitrogens with one attached hydrogen (secondary N) is 3. The Morgan fingerprint density at radius 2 is 1.64 bits per heavy atom. The third kappa shape index (κ3) is 6.59. The molecule has 11 heteroatoms. The Morgan fingerprint density at radius 1 is 1.02 bits per heavy atom. The summed E-state index contributed by atoms with van der Waals surface area (Å²) in [6.07, 6.45) is 4.19. The zero-order chi connectivity index (χ0) is 32.9. The molecule has 11 nitrogen and oxygen atoms in total. The standard InChI is InChI=1S/C34H49N5O6/c1-32(2,3)26(37-31(45)38-34(15-9-10-16-34)27(41)20-11-7-6-8-12-20)30(44)39-18-21-23(33(21,4)5)24(39)29(43)36-22(17-19-13-14-19)25(40)28(35)42/h6-8,11-12,19,21-24,26-27,41H,9-10,13-18H2,1-5H3,(H2,35,42)(H,36,43)(H2,37,38,45)/t21-,22?,23-,24-,26+,27?/m0/s1. The lowest BCUT2D eigenvalue weighted by molar-refractivity contribution is -0.145. The summed E-state index contributed by atoms with van der Waals surface area (Å²) in [5, 5.41) is 20.1. The molecule has 6 N–H and O–H groups in total. The van der Waals surface area contributed by atoms with E-state index in [-0.39, 0.29) is 29.1 Å². The first-order valence-corrected chi connectivity index (χ1v) is 16.3. The number of nitrogens with zero attached hydrogens (tertiary/aromatic N) is 1. The first-order chi connectivity index (χ1) is 21.1. The number of hydrogen-bond donors (Lipinski definition) is 5. The molecule has 3 aliphatic carbocycles. The van der Waals surface area contributed by atoms with E-state index in [2.05, 4.69) is 29.8 Å². The molecule has 1 heterocycles. The van der Waals surface area contributed by atoms with Crippen LogP contribution in [0.4, 0.5) is 4.79 Å². The van der Waals surface area contributed by atoms with E-state index >= 15 is 0 Å². The number of aliphatic hydroxyl groups is 1. The van der Waals surface area contributed by atoms with Gasteiger partial charge in [0.2, 0.25) is 17.6 Å². The minimum Gasteiger partial charge on any atom is -0.386 e. The van der Waals surface area contributed by atoms with Gasteiger partial charge in [0, 0.05) is 6.54 Å². The molecule has 6 atom stereocenters. The zero-order valence-corrected chi connectivity index (χ0v) is 27.1. The Kier molecular flexibility index (Phi) is 8.80. The van der Waals surface area contributed by atoms with Gasteiger partial charge in [0.15, 0.2) is 0 Å². The van der Waals surface area contributed by atoms with Crippen molar-refractivity contribution < 1.29 is 29.1 Å². The summed E-state index contributed by atoms with van der Waals surface area (Å²) in [5.74, 6) is -2.57. The maximum atomic E-state index is 14.3. The molecule has 0 aromatic heterocycles. The van der Waals surface area contributed by atoms with Crippen molar-refractivity contribution in [1.82, 2.24) is 20.9 Å². The van der Waals surface area contributed by atoms with Gasteiger partial charge in [0.25, 0.3) is 5.91 Å². The monoisotopic (exact) mass is 623 g/mol. The van der Waals surface area contributed by atoms with Crippen LogP contribution in [-0.2, 0) is 19.2 Å². The Hall–Kier alpha value is -3.47. The maximum Gasteiger partial charge on any atom is 0.315 e. The molecule has 4 aliphatic rings. The van der Waals surface area contributed by atoms with Crippen LogP contribution in [0.3, 0.4) is 0 Å². The van der Waals surface area contributed by atoms with Crippen LogP contribution in [0.1, 0.15) is 91.2 Å². The van der Waals surface area contributed by atoms with Crippen molar-refractivity contribution in [3.8, 4) is 0 Å². The summed E-state index contributed by atoms with van der Waals surface area (Å²) < 4.78 is 0. The quantitative estimate of drug-likeness (QED) is 0.237. The molecule has 4 fully saturated rings. The van der Waals surface area contributed by atoms with Crippen LogP contribution < -0.4 is 21.7 Å². The fraction of sp³-hybridized carbons (Fsp3) is 0.676. The number of carbonyl (C=O) groups excluding carboxylic acids is 5. The first-order valence-electron chi connectivity index (χ1n) is 16.3. The number of aliphatic hydroxyl groups excluding tert-OH is 1. The Labute approximate surface area is 265 Å². The van der Waals surface area contributed by atoms with Crippen molar-refractivity contribution in [1.29, 1.82) is 0 Å². The minimum atomic E-state index is -1.09. The van der Waals surface area contributed by atoms with Gasteiger partial charge in [0.1, 0.15) is 18.2 Å². The second-order valence-corrected chi connectivity index (χ2v) is 15.4. The normalized spacial score (nSPS) is 26.6. The number of primary amides is 1. The highest BCUT2D eigenvalue weighted by Crippen LogP contribution is 2.65. The molecule has 5 rings (SSSR count). The predicted molar refractivity (Wildman–Crippen MR) is 167 cm³/mol. The number of ketones is 1. The number of fused-ring (bicyclic) bond motifs is 1. The molecule has 1 aromatic carbocycles. The second-order valence-electron chi connectivity index (χ2n) is 15.4. The summed E-state index contributed by atoms with van der Waals surface area (Å²) in [5.41, 5.74) is 4.25. The number of likely N-dealkylation sites (tertiary alicyclic amines) is 1. The zero-order valence-electron chi connectivity index (χ0n) is 27.1. The van der Waals surface area contributed by atoms with Gasteiger partial charge in [-0.2, -0.15) is 0 Å². The van der Waals surface area contributed by atoms with Gasteiger partial charge in [-0.05, 0) is 53.4 Å². The summed E-state index contributed by atoms with van der Waals surface area (Å²) in [6, 6.07) is 5.84. The molecule has 0 bridgehead atoms. The van der Waals surface area contributed by atoms with E-state index in [0.29, 0.717) is 31.4 Å². The number of nitrogens with two attached hydrogens (primary N) is 1. The SMILES string of the molecule is CC(C)(C)[C@H](NC(=O)NC1(C(O)c2ccccc2)CCCC1)C(=O)N1C[C@H]2[C@@H]([C@H]1C(=O)NC(CC1CC1)C(=O)C(N)=O)C2(C)C. The molecule has 0 radical (unpaired) electrons. The maximum absolute atomic E-state index is 14.3. The molecule has 2 unspecified atom stereocenters. The summed E-state index contributed by atoms with van der Waals surface area (Å²) >= 11 is 0. The van der Waals surface area contributed by atoms with Crippen LogP contribution in [0.2, 0.25) is 0 Å². The van der Waals surface area contributed by atoms with Crippen LogP contribution in [0.25, 0.3) is 0 Å². The molecule has 3 saturated carbocycles. The minimum absolute atomic E-state index is 0.0862. The number of carbonyl (C=O) groups is 5. The van der Waals surface area contributed by atoms with Gasteiger partial charge in [-0.15, -0.1) is 0 Å². The number of piperidine rings is 1. The molecule has 1 aromatic rings. The molecule has 45 heavy (non-hydrogen) atoms. The van der Waals surface area contributed by atoms with Gasteiger partial charge in [0.05, 0.1) is 11.6 Å². The predicted octanol–water partition coefficient (Wildman–Crippen LogP) is 2.57. The van der Waals surface area contributed by atoms with Gasteiger partial charge < -0.3 is 31.7 Å². The summed E-state index contributed by atoms with van der Waals surface area (Å²) in [7, 11) is 0. The number of amides is 5. The van der Waals surface area contributed by atoms with Crippen molar-refractivity contribution >= 4 is 29.5 Å². The third-order valence-corrected chi connectivity index (χ3v) is 10.8. The van der Waals surface area contributed by atoms with E-state index in [0.717, 1.165) is 25.7 Å². The lowest BCUT2D eigenvalue weighted by Gasteiger charge is -2.40. The first kappa shape index (κ1) is 32.9. The Morgan fingerprint density at radius 3 is 2.20 bits per heavy atom. The number of urea groups is 1. The van der Waals surface area contributed by atoms with E-state index in [4.69, 9.17) is 5.73 Å². The van der Waals surface area contributed by atoms with Crippen molar-refractivity contribution in [2.45, 2.75) is 109 Å². The largest absolute Gasteiger partial charge is 0.386 e. The van der Waals surface area contributed by atoms with E-state index < -0.39 is 58.8 Å². The van der Waals surface area contributed by atoms with Gasteiger partial charge in [-0.1, -0.05) is 90.6 Å². The molecule has 1 saturated heterocycles. The van der Waals surface area contributed by atoms with Gasteiger partial charge in [-0.25, -0.2) is 4.79 Å². The lowest BCUT2D eigenvalue weighted by Crippen LogP contribution is -2.63. The smallest absolute Gasteiger partial charge is 0.315 e. The van der Waals surface area contributed by atoms with Crippen molar-refractivity contribution in [2.24, 2.45) is 34.3 Å². The van der Waals surface area contributed by atoms with Gasteiger partial charge >= 0.3 is 6.03 Å². The van der Waals surface area contributed by atoms with Gasteiger partial charge in [-0.3, -0.25) is 19.2 Å². The highest BCUT2D eigenvalue weighted by Gasteiger charge is 2.70. The van der Waals surface area contributed by atoms with Crippen LogP contribution >= 0.6 is 0 Å². The fourth-order valence-corrected chi connectivity index (χ4v) is 7.80. The molecule has 1 aliphatic heterocycles. The molecular weight excluding hydrogens is 574 g/mol. The van der Waals surface area contributed by atoms with Crippen LogP contribution in [-0.4, -0.2) is 69.8 Å². The summed E-state index contributed by atoms with van der Waals surface area (Å²) in [4.78, 5) is 67.7. The number of Topliss-reactive ketones (excluding diaryl/α,β-unsaturated/α-hetero) is 1. The van der Waals surface area contributed by atoms with E-state index in [9.17, 15) is 29.1 Å². The second kappa shape index (κ2) is 12.0. The van der Waals surface area contributed by atoms with Crippen molar-refractivity contribution in [2.75, 3.05) is 6.54 Å². The van der Waals surface area contributed by atoms with Crippen molar-refractivity contribution in [3.63, 3.8) is 0 Å². The van der Waals surface area contributed by atoms with Crippen LogP contribution in [0.5, 0.6) is 0 Å².